The van der Waals surface area contributed by atoms with Crippen molar-refractivity contribution in [2.75, 3.05) is 13.1 Å². The summed E-state index contributed by atoms with van der Waals surface area (Å²) in [5.41, 5.74) is 7.59. The standard InChI is InChI=1S/C11H18FN3O/c1-7-11(8(2)16-14-7)6-15-5-9(12)3-10(15)4-13/h9-10H,3-6,13H2,1-2H3/t9-,10-/m1/s1. The maximum atomic E-state index is 13.3. The Labute approximate surface area is 94.6 Å². The lowest BCUT2D eigenvalue weighted by Crippen LogP contribution is -2.35. The number of nitrogens with zero attached hydrogens (tertiary/aromatic N) is 2. The Balaban J connectivity index is 2.09. The summed E-state index contributed by atoms with van der Waals surface area (Å²) >= 11 is 0. The van der Waals surface area contributed by atoms with E-state index in [0.717, 1.165) is 17.0 Å². The molecule has 1 aromatic rings. The zero-order chi connectivity index (χ0) is 11.7. The summed E-state index contributed by atoms with van der Waals surface area (Å²) in [5, 5.41) is 3.90. The van der Waals surface area contributed by atoms with Gasteiger partial charge in [-0.15, -0.1) is 0 Å². The van der Waals surface area contributed by atoms with Gasteiger partial charge in [0.05, 0.1) is 5.69 Å². The smallest absolute Gasteiger partial charge is 0.138 e. The molecule has 5 heteroatoms. The molecule has 1 fully saturated rings. The average Bonchev–Trinajstić information content (AvgIpc) is 2.75. The fourth-order valence-corrected chi connectivity index (χ4v) is 2.29. The van der Waals surface area contributed by atoms with E-state index >= 15 is 0 Å². The molecule has 1 saturated heterocycles. The van der Waals surface area contributed by atoms with E-state index < -0.39 is 6.17 Å². The van der Waals surface area contributed by atoms with Crippen molar-refractivity contribution in [3.63, 3.8) is 0 Å². The summed E-state index contributed by atoms with van der Waals surface area (Å²) in [5.74, 6) is 0.815. The van der Waals surface area contributed by atoms with Crippen LogP contribution in [0.3, 0.4) is 0 Å². The monoisotopic (exact) mass is 227 g/mol. The van der Waals surface area contributed by atoms with Crippen LogP contribution in [0.2, 0.25) is 0 Å². The quantitative estimate of drug-likeness (QED) is 0.842. The summed E-state index contributed by atoms with van der Waals surface area (Å²) < 4.78 is 18.4. The first-order chi connectivity index (χ1) is 7.61. The number of likely N-dealkylation sites (tertiary alicyclic amines) is 1. The second-order valence-corrected chi connectivity index (χ2v) is 4.45. The van der Waals surface area contributed by atoms with E-state index in [9.17, 15) is 4.39 Å². The Morgan fingerprint density at radius 1 is 1.56 bits per heavy atom. The van der Waals surface area contributed by atoms with Gasteiger partial charge in [0.1, 0.15) is 11.9 Å². The average molecular weight is 227 g/mol. The molecular weight excluding hydrogens is 209 g/mol. The largest absolute Gasteiger partial charge is 0.361 e. The first kappa shape index (κ1) is 11.5. The fraction of sp³-hybridized carbons (Fsp3) is 0.727. The van der Waals surface area contributed by atoms with Crippen LogP contribution in [0.25, 0.3) is 0 Å². The number of hydrogen-bond acceptors (Lipinski definition) is 4. The van der Waals surface area contributed by atoms with E-state index in [2.05, 4.69) is 10.1 Å². The summed E-state index contributed by atoms with van der Waals surface area (Å²) in [6.45, 7) is 5.45. The van der Waals surface area contributed by atoms with Gasteiger partial charge in [-0.3, -0.25) is 4.90 Å². The minimum absolute atomic E-state index is 0.142. The van der Waals surface area contributed by atoms with Crippen LogP contribution < -0.4 is 5.73 Å². The molecular formula is C11H18FN3O. The van der Waals surface area contributed by atoms with Gasteiger partial charge in [-0.25, -0.2) is 4.39 Å². The SMILES string of the molecule is Cc1noc(C)c1CN1C[C@H](F)C[C@@H]1CN. The van der Waals surface area contributed by atoms with Crippen LogP contribution in [-0.4, -0.2) is 35.4 Å². The normalized spacial score (nSPS) is 26.5. The molecule has 1 aliphatic rings. The van der Waals surface area contributed by atoms with Crippen molar-refractivity contribution in [2.24, 2.45) is 5.73 Å². The maximum Gasteiger partial charge on any atom is 0.138 e. The van der Waals surface area contributed by atoms with Gasteiger partial charge in [-0.05, 0) is 20.3 Å². The van der Waals surface area contributed by atoms with E-state index in [0.29, 0.717) is 26.1 Å². The molecule has 4 nitrogen and oxygen atoms in total. The number of rotatable bonds is 3. The highest BCUT2D eigenvalue weighted by atomic mass is 19.1. The van der Waals surface area contributed by atoms with E-state index in [-0.39, 0.29) is 6.04 Å². The molecule has 0 radical (unpaired) electrons. The molecule has 2 rings (SSSR count). The van der Waals surface area contributed by atoms with Crippen molar-refractivity contribution in [1.82, 2.24) is 10.1 Å². The molecule has 16 heavy (non-hydrogen) atoms. The molecule has 0 aliphatic carbocycles. The van der Waals surface area contributed by atoms with Gasteiger partial charge in [0.15, 0.2) is 0 Å². The third-order valence-electron chi connectivity index (χ3n) is 3.29. The molecule has 0 spiro atoms. The lowest BCUT2D eigenvalue weighted by Gasteiger charge is -2.22. The van der Waals surface area contributed by atoms with Crippen LogP contribution in [0.5, 0.6) is 0 Å². The Bertz CT molecular complexity index is 347. The van der Waals surface area contributed by atoms with Crippen molar-refractivity contribution < 1.29 is 8.91 Å². The van der Waals surface area contributed by atoms with Crippen molar-refractivity contribution in [2.45, 2.75) is 39.0 Å². The molecule has 1 aliphatic heterocycles. The van der Waals surface area contributed by atoms with Crippen molar-refractivity contribution in [3.8, 4) is 0 Å². The highest BCUT2D eigenvalue weighted by molar-refractivity contribution is 5.21. The van der Waals surface area contributed by atoms with Crippen molar-refractivity contribution in [3.05, 3.63) is 17.0 Å². The molecule has 90 valence electrons. The predicted octanol–water partition coefficient (Wildman–Crippen LogP) is 1.16. The van der Waals surface area contributed by atoms with Gasteiger partial charge < -0.3 is 10.3 Å². The Hall–Kier alpha value is -0.940. The van der Waals surface area contributed by atoms with Gasteiger partial charge in [0.2, 0.25) is 0 Å². The zero-order valence-corrected chi connectivity index (χ0v) is 9.74. The van der Waals surface area contributed by atoms with Crippen LogP contribution in [0.4, 0.5) is 4.39 Å². The second-order valence-electron chi connectivity index (χ2n) is 4.45. The number of aryl methyl sites for hydroxylation is 2. The molecule has 0 bridgehead atoms. The van der Waals surface area contributed by atoms with Crippen molar-refractivity contribution in [1.29, 1.82) is 0 Å². The van der Waals surface area contributed by atoms with Gasteiger partial charge >= 0.3 is 0 Å². The first-order valence-electron chi connectivity index (χ1n) is 5.61. The highest BCUT2D eigenvalue weighted by Crippen LogP contribution is 2.24. The Kier molecular flexibility index (Phi) is 3.25. The Morgan fingerprint density at radius 2 is 2.31 bits per heavy atom. The minimum atomic E-state index is -0.756. The second kappa shape index (κ2) is 4.51. The van der Waals surface area contributed by atoms with Crippen LogP contribution in [0, 0.1) is 13.8 Å². The van der Waals surface area contributed by atoms with Crippen LogP contribution in [0.1, 0.15) is 23.4 Å². The van der Waals surface area contributed by atoms with Crippen molar-refractivity contribution >= 4 is 0 Å². The van der Waals surface area contributed by atoms with Gasteiger partial charge in [-0.2, -0.15) is 0 Å². The predicted molar refractivity (Wildman–Crippen MR) is 58.7 cm³/mol. The van der Waals surface area contributed by atoms with Gasteiger partial charge in [0.25, 0.3) is 0 Å². The molecule has 1 aromatic heterocycles. The number of alkyl halides is 1. The van der Waals surface area contributed by atoms with Crippen LogP contribution in [-0.2, 0) is 6.54 Å². The number of halogens is 1. The topological polar surface area (TPSA) is 55.3 Å². The minimum Gasteiger partial charge on any atom is -0.361 e. The third kappa shape index (κ3) is 2.10. The number of nitrogens with two attached hydrogens (primary N) is 1. The summed E-state index contributed by atoms with van der Waals surface area (Å²) in [6, 6.07) is 0.142. The van der Waals surface area contributed by atoms with Crippen LogP contribution >= 0.6 is 0 Å². The summed E-state index contributed by atoms with van der Waals surface area (Å²) in [4.78, 5) is 2.08. The lowest BCUT2D eigenvalue weighted by molar-refractivity contribution is 0.237. The lowest BCUT2D eigenvalue weighted by atomic mass is 10.1. The fourth-order valence-electron chi connectivity index (χ4n) is 2.29. The van der Waals surface area contributed by atoms with Gasteiger partial charge in [0, 0.05) is 31.2 Å². The zero-order valence-electron chi connectivity index (χ0n) is 9.74. The molecule has 0 aromatic carbocycles. The van der Waals surface area contributed by atoms with Crippen LogP contribution in [0.15, 0.2) is 4.52 Å². The molecule has 0 amide bonds. The molecule has 0 saturated carbocycles. The molecule has 2 heterocycles. The Morgan fingerprint density at radius 3 is 2.88 bits per heavy atom. The van der Waals surface area contributed by atoms with E-state index in [1.807, 2.05) is 13.8 Å². The van der Waals surface area contributed by atoms with Gasteiger partial charge in [-0.1, -0.05) is 5.16 Å². The summed E-state index contributed by atoms with van der Waals surface area (Å²) in [7, 11) is 0. The maximum absolute atomic E-state index is 13.3. The van der Waals surface area contributed by atoms with E-state index in [1.54, 1.807) is 0 Å². The molecule has 2 atom stereocenters. The number of aromatic nitrogens is 1. The highest BCUT2D eigenvalue weighted by Gasteiger charge is 2.31. The third-order valence-corrected chi connectivity index (χ3v) is 3.29. The first-order valence-corrected chi connectivity index (χ1v) is 5.61. The summed E-state index contributed by atoms with van der Waals surface area (Å²) in [6.07, 6.45) is -0.214. The molecule has 2 N–H and O–H groups in total. The van der Waals surface area contributed by atoms with E-state index in [1.165, 1.54) is 0 Å². The molecule has 0 unspecified atom stereocenters. The number of hydrogen-bond donors (Lipinski definition) is 1. The van der Waals surface area contributed by atoms with E-state index in [4.69, 9.17) is 10.3 Å².